The molecule has 0 unspecified atom stereocenters. The number of carbonyl (C=O) groups is 1. The molecule has 0 amide bonds. The van der Waals surface area contributed by atoms with E-state index < -0.39 is 29.1 Å². The molecular formula is C10H9N3O4S2. The van der Waals surface area contributed by atoms with Crippen LogP contribution in [0.1, 0.15) is 15.2 Å². The summed E-state index contributed by atoms with van der Waals surface area (Å²) in [4.78, 5) is 10.8. The molecule has 0 aliphatic heterocycles. The molecule has 0 saturated carbocycles. The molecule has 0 aliphatic carbocycles. The summed E-state index contributed by atoms with van der Waals surface area (Å²) in [6, 6.07) is 4.54. The molecule has 0 bridgehead atoms. The molecular weight excluding hydrogens is 290 g/mol. The topological polar surface area (TPSA) is 122 Å². The number of hydrogen-bond donors (Lipinski definition) is 1. The SMILES string of the molecule is Cc1cc(S(=O)(=O)N(CC#N)CC#N)sc1C(=O)O. The van der Waals surface area contributed by atoms with E-state index in [9.17, 15) is 13.2 Å². The van der Waals surface area contributed by atoms with E-state index >= 15 is 0 Å². The molecule has 9 heteroatoms. The number of carboxylic acids is 1. The van der Waals surface area contributed by atoms with Crippen LogP contribution in [0.2, 0.25) is 0 Å². The largest absolute Gasteiger partial charge is 0.477 e. The lowest BCUT2D eigenvalue weighted by Gasteiger charge is -2.13. The van der Waals surface area contributed by atoms with Crippen LogP contribution in [0.15, 0.2) is 10.3 Å². The molecule has 0 aromatic carbocycles. The molecule has 19 heavy (non-hydrogen) atoms. The highest BCUT2D eigenvalue weighted by atomic mass is 32.2. The third-order valence-corrected chi connectivity index (χ3v) is 5.64. The third kappa shape index (κ3) is 3.09. The van der Waals surface area contributed by atoms with Gasteiger partial charge in [0.2, 0.25) is 0 Å². The molecule has 100 valence electrons. The quantitative estimate of drug-likeness (QED) is 0.802. The first-order chi connectivity index (χ1) is 8.84. The summed E-state index contributed by atoms with van der Waals surface area (Å²) >= 11 is 0.607. The second kappa shape index (κ2) is 5.80. The van der Waals surface area contributed by atoms with Gasteiger partial charge in [-0.2, -0.15) is 14.8 Å². The molecule has 1 aromatic rings. The van der Waals surface area contributed by atoms with Crippen molar-refractivity contribution in [1.29, 1.82) is 10.5 Å². The van der Waals surface area contributed by atoms with E-state index in [4.69, 9.17) is 15.6 Å². The van der Waals surface area contributed by atoms with Crippen molar-refractivity contribution < 1.29 is 18.3 Å². The third-order valence-electron chi connectivity index (χ3n) is 2.18. The maximum atomic E-state index is 12.1. The summed E-state index contributed by atoms with van der Waals surface area (Å²) in [6.45, 7) is 0.558. The van der Waals surface area contributed by atoms with Crippen molar-refractivity contribution in [3.63, 3.8) is 0 Å². The Balaban J connectivity index is 3.27. The smallest absolute Gasteiger partial charge is 0.346 e. The monoisotopic (exact) mass is 299 g/mol. The Morgan fingerprint density at radius 2 is 1.95 bits per heavy atom. The summed E-state index contributed by atoms with van der Waals surface area (Å²) in [5, 5.41) is 26.0. The van der Waals surface area contributed by atoms with Gasteiger partial charge < -0.3 is 5.11 Å². The Kier molecular flexibility index (Phi) is 4.62. The van der Waals surface area contributed by atoms with Gasteiger partial charge in [0.05, 0.1) is 12.1 Å². The zero-order chi connectivity index (χ0) is 14.6. The van der Waals surface area contributed by atoms with Crippen molar-refractivity contribution in [2.24, 2.45) is 0 Å². The van der Waals surface area contributed by atoms with Crippen molar-refractivity contribution in [2.75, 3.05) is 13.1 Å². The summed E-state index contributed by atoms with van der Waals surface area (Å²) in [7, 11) is -4.02. The molecule has 0 saturated heterocycles. The minimum atomic E-state index is -4.02. The average Bonchev–Trinajstić information content (AvgIpc) is 2.72. The molecule has 0 fully saturated rings. The number of sulfonamides is 1. The first-order valence-corrected chi connectivity index (χ1v) is 7.18. The zero-order valence-electron chi connectivity index (χ0n) is 9.82. The van der Waals surface area contributed by atoms with Gasteiger partial charge in [-0.15, -0.1) is 11.3 Å². The van der Waals surface area contributed by atoms with Gasteiger partial charge >= 0.3 is 5.97 Å². The van der Waals surface area contributed by atoms with Crippen molar-refractivity contribution in [2.45, 2.75) is 11.1 Å². The average molecular weight is 299 g/mol. The molecule has 0 atom stereocenters. The number of aryl methyl sites for hydroxylation is 1. The van der Waals surface area contributed by atoms with Crippen LogP contribution >= 0.6 is 11.3 Å². The number of nitriles is 2. The van der Waals surface area contributed by atoms with Crippen LogP contribution in [0.3, 0.4) is 0 Å². The first-order valence-electron chi connectivity index (χ1n) is 4.92. The molecule has 1 aromatic heterocycles. The standard InChI is InChI=1S/C10H9N3O4S2/c1-7-6-8(18-9(7)10(14)15)19(16,17)13(4-2-11)5-3-12/h6H,4-5H2,1H3,(H,14,15). The molecule has 0 spiro atoms. The molecule has 0 radical (unpaired) electrons. The Bertz CT molecular complexity index is 663. The first kappa shape index (κ1) is 15.1. The maximum Gasteiger partial charge on any atom is 0.346 e. The Labute approximate surface area is 114 Å². The van der Waals surface area contributed by atoms with E-state index in [2.05, 4.69) is 0 Å². The van der Waals surface area contributed by atoms with E-state index in [1.54, 1.807) is 12.1 Å². The van der Waals surface area contributed by atoms with Gasteiger partial charge in [0, 0.05) is 0 Å². The molecule has 1 N–H and O–H groups in total. The van der Waals surface area contributed by atoms with E-state index in [-0.39, 0.29) is 9.09 Å². The molecule has 1 rings (SSSR count). The van der Waals surface area contributed by atoms with Gasteiger partial charge in [0.25, 0.3) is 10.0 Å². The second-order valence-corrected chi connectivity index (χ2v) is 6.69. The van der Waals surface area contributed by atoms with Gasteiger partial charge in [0.1, 0.15) is 22.2 Å². The highest BCUT2D eigenvalue weighted by Gasteiger charge is 2.28. The van der Waals surface area contributed by atoms with Gasteiger partial charge in [-0.25, -0.2) is 13.2 Å². The van der Waals surface area contributed by atoms with Crippen molar-refractivity contribution in [3.05, 3.63) is 16.5 Å². The molecule has 1 heterocycles. The Morgan fingerprint density at radius 3 is 2.32 bits per heavy atom. The summed E-state index contributed by atoms with van der Waals surface area (Å²) in [6.07, 6.45) is 0. The number of aromatic carboxylic acids is 1. The lowest BCUT2D eigenvalue weighted by Crippen LogP contribution is -2.31. The van der Waals surface area contributed by atoms with Crippen LogP contribution in [0.4, 0.5) is 0 Å². The number of nitrogens with zero attached hydrogens (tertiary/aromatic N) is 3. The number of hydrogen-bond acceptors (Lipinski definition) is 6. The minimum absolute atomic E-state index is 0.0764. The van der Waals surface area contributed by atoms with Crippen LogP contribution in [-0.4, -0.2) is 36.9 Å². The lowest BCUT2D eigenvalue weighted by atomic mass is 10.3. The van der Waals surface area contributed by atoms with Gasteiger partial charge in [-0.3, -0.25) is 0 Å². The fourth-order valence-corrected chi connectivity index (χ4v) is 4.07. The van der Waals surface area contributed by atoms with Crippen LogP contribution in [0, 0.1) is 29.6 Å². The fourth-order valence-electron chi connectivity index (χ4n) is 1.30. The maximum absolute atomic E-state index is 12.1. The number of thiophene rings is 1. The van der Waals surface area contributed by atoms with E-state index in [0.717, 1.165) is 0 Å². The van der Waals surface area contributed by atoms with Crippen LogP contribution < -0.4 is 0 Å². The lowest BCUT2D eigenvalue weighted by molar-refractivity contribution is 0.0701. The highest BCUT2D eigenvalue weighted by molar-refractivity contribution is 7.91. The van der Waals surface area contributed by atoms with Crippen LogP contribution in [0.5, 0.6) is 0 Å². The summed E-state index contributed by atoms with van der Waals surface area (Å²) in [5.74, 6) is -1.21. The van der Waals surface area contributed by atoms with Gasteiger partial charge in [-0.05, 0) is 18.6 Å². The van der Waals surface area contributed by atoms with Crippen molar-refractivity contribution >= 4 is 27.3 Å². The van der Waals surface area contributed by atoms with Crippen LogP contribution in [0.25, 0.3) is 0 Å². The van der Waals surface area contributed by atoms with Crippen molar-refractivity contribution in [1.82, 2.24) is 4.31 Å². The summed E-state index contributed by atoms with van der Waals surface area (Å²) in [5.41, 5.74) is 0.324. The molecule has 7 nitrogen and oxygen atoms in total. The predicted octanol–water partition coefficient (Wildman–Crippen LogP) is 0.793. The van der Waals surface area contributed by atoms with Gasteiger partial charge in [0.15, 0.2) is 0 Å². The number of rotatable bonds is 5. The Hall–Kier alpha value is -1.94. The van der Waals surface area contributed by atoms with Gasteiger partial charge in [-0.1, -0.05) is 0 Å². The van der Waals surface area contributed by atoms with E-state index in [1.165, 1.54) is 13.0 Å². The molecule has 0 aliphatic rings. The highest BCUT2D eigenvalue weighted by Crippen LogP contribution is 2.28. The minimum Gasteiger partial charge on any atom is -0.477 e. The van der Waals surface area contributed by atoms with E-state index in [0.29, 0.717) is 21.2 Å². The normalized spacial score (nSPS) is 10.9. The second-order valence-electron chi connectivity index (χ2n) is 3.47. The fraction of sp³-hybridized carbons (Fsp3) is 0.300. The number of carboxylic acid groups (broad SMARTS) is 1. The zero-order valence-corrected chi connectivity index (χ0v) is 11.5. The summed E-state index contributed by atoms with van der Waals surface area (Å²) < 4.78 is 24.8. The van der Waals surface area contributed by atoms with E-state index in [1.807, 2.05) is 0 Å². The van der Waals surface area contributed by atoms with Crippen molar-refractivity contribution in [3.8, 4) is 12.1 Å². The van der Waals surface area contributed by atoms with Crippen LogP contribution in [-0.2, 0) is 10.0 Å². The predicted molar refractivity (Wildman–Crippen MR) is 66.0 cm³/mol. The Morgan fingerprint density at radius 1 is 1.42 bits per heavy atom.